The topological polar surface area (TPSA) is 43.6 Å². The van der Waals surface area contributed by atoms with Gasteiger partial charge in [0.25, 0.3) is 0 Å². The molecule has 122 valence electrons. The number of hydrogen-bond donors (Lipinski definition) is 0. The van der Waals surface area contributed by atoms with Gasteiger partial charge in [-0.1, -0.05) is 91.0 Å². The quantitative estimate of drug-likeness (QED) is 0.490. The summed E-state index contributed by atoms with van der Waals surface area (Å²) in [5.41, 5.74) is 2.67. The first-order valence-electron chi connectivity index (χ1n) is 7.95. The van der Waals surface area contributed by atoms with Crippen molar-refractivity contribution in [3.8, 4) is 0 Å². The van der Waals surface area contributed by atoms with Gasteiger partial charge in [-0.15, -0.1) is 5.10 Å². The molecule has 3 aromatic carbocycles. The average molecular weight is 391 g/mol. The molecule has 0 spiro atoms. The lowest BCUT2D eigenvalue weighted by Crippen LogP contribution is -2.33. The molecule has 0 N–H and O–H groups in total. The third-order valence-corrected chi connectivity index (χ3v) is 4.87. The van der Waals surface area contributed by atoms with Crippen LogP contribution in [-0.4, -0.2) is 19.2 Å². The minimum Gasteiger partial charge on any atom is -0.160 e. The van der Waals surface area contributed by atoms with Gasteiger partial charge in [-0.3, -0.25) is 0 Å². The molecule has 0 aliphatic carbocycles. The van der Waals surface area contributed by atoms with E-state index in [1.165, 1.54) is 0 Å². The van der Waals surface area contributed by atoms with Gasteiger partial charge >= 0.3 is 0 Å². The number of rotatable bonds is 4. The summed E-state index contributed by atoms with van der Waals surface area (Å²) in [5, 5.41) is 12.3. The molecule has 0 saturated carbocycles. The maximum Gasteiger partial charge on any atom is 0.183 e. The van der Waals surface area contributed by atoms with Crippen molar-refractivity contribution in [2.75, 3.05) is 0 Å². The van der Waals surface area contributed by atoms with Gasteiger partial charge in [0.15, 0.2) is 5.82 Å². The second kappa shape index (κ2) is 6.61. The van der Waals surface area contributed by atoms with Gasteiger partial charge in [-0.2, -0.15) is 3.71 Å². The fraction of sp³-hybridized carbons (Fsp3) is 0.0500. The van der Waals surface area contributed by atoms with E-state index in [1.807, 2.05) is 54.6 Å². The summed E-state index contributed by atoms with van der Waals surface area (Å²) >= 11 is 3.47. The molecule has 0 unspecified atom stereocenters. The molecule has 25 heavy (non-hydrogen) atoms. The first-order valence-corrected chi connectivity index (χ1v) is 8.66. The zero-order valence-corrected chi connectivity index (χ0v) is 14.9. The number of halogens is 1. The largest absolute Gasteiger partial charge is 0.183 e. The molecular weight excluding hydrogens is 376 g/mol. The van der Waals surface area contributed by atoms with Crippen molar-refractivity contribution in [3.05, 3.63) is 114 Å². The van der Waals surface area contributed by atoms with Crippen molar-refractivity contribution < 1.29 is 0 Å². The number of tetrazole rings is 1. The van der Waals surface area contributed by atoms with E-state index >= 15 is 0 Å². The van der Waals surface area contributed by atoms with Crippen LogP contribution in [0.25, 0.3) is 0 Å². The van der Waals surface area contributed by atoms with Crippen LogP contribution in [0.4, 0.5) is 0 Å². The van der Waals surface area contributed by atoms with Crippen molar-refractivity contribution in [3.63, 3.8) is 0 Å². The SMILES string of the molecule is Brn1nnnc1C(c1ccccc1)(c1ccccc1)c1ccccc1. The Hall–Kier alpha value is -2.79. The zero-order chi connectivity index (χ0) is 17.1. The Bertz CT molecular complexity index is 856. The van der Waals surface area contributed by atoms with Gasteiger partial charge < -0.3 is 0 Å². The van der Waals surface area contributed by atoms with Crippen LogP contribution in [0.2, 0.25) is 0 Å². The molecule has 1 aromatic heterocycles. The highest BCUT2D eigenvalue weighted by Crippen LogP contribution is 2.43. The van der Waals surface area contributed by atoms with E-state index in [1.54, 1.807) is 3.71 Å². The lowest BCUT2D eigenvalue weighted by molar-refractivity contribution is 0.673. The molecule has 0 amide bonds. The molecule has 0 aliphatic rings. The lowest BCUT2D eigenvalue weighted by atomic mass is 9.69. The Morgan fingerprint density at radius 3 is 1.36 bits per heavy atom. The third-order valence-electron chi connectivity index (χ3n) is 4.39. The average Bonchev–Trinajstić information content (AvgIpc) is 3.12. The van der Waals surface area contributed by atoms with Crippen LogP contribution in [0, 0.1) is 0 Å². The molecular formula is C20H15BrN4. The molecule has 0 bridgehead atoms. The van der Waals surface area contributed by atoms with Gasteiger partial charge in [0, 0.05) is 0 Å². The maximum absolute atomic E-state index is 4.37. The fourth-order valence-electron chi connectivity index (χ4n) is 3.34. The fourth-order valence-corrected chi connectivity index (χ4v) is 3.74. The summed E-state index contributed by atoms with van der Waals surface area (Å²) < 4.78 is 1.57. The molecule has 0 saturated heterocycles. The highest BCUT2D eigenvalue weighted by Gasteiger charge is 2.42. The van der Waals surface area contributed by atoms with Crippen molar-refractivity contribution in [2.24, 2.45) is 0 Å². The number of aromatic nitrogens is 4. The molecule has 4 aromatic rings. The molecule has 0 aliphatic heterocycles. The Labute approximate surface area is 154 Å². The van der Waals surface area contributed by atoms with Crippen molar-refractivity contribution >= 4 is 16.1 Å². The molecule has 5 heteroatoms. The van der Waals surface area contributed by atoms with Gasteiger partial charge in [0.05, 0.1) is 16.1 Å². The molecule has 0 fully saturated rings. The summed E-state index contributed by atoms with van der Waals surface area (Å²) in [4.78, 5) is 0. The van der Waals surface area contributed by atoms with Gasteiger partial charge in [-0.05, 0) is 27.1 Å². The number of nitrogens with zero attached hydrogens (tertiary/aromatic N) is 4. The maximum atomic E-state index is 4.37. The van der Waals surface area contributed by atoms with Gasteiger partial charge in [0.2, 0.25) is 0 Å². The van der Waals surface area contributed by atoms with Gasteiger partial charge in [0.1, 0.15) is 5.41 Å². The second-order valence-electron chi connectivity index (χ2n) is 5.71. The van der Waals surface area contributed by atoms with Crippen LogP contribution < -0.4 is 0 Å². The summed E-state index contributed by atoms with van der Waals surface area (Å²) in [6, 6.07) is 31.0. The standard InChI is InChI=1S/C20H15BrN4/c21-25-19(22-23-24-25)20(16-10-4-1-5-11-16,17-12-6-2-7-13-17)18-14-8-3-9-15-18/h1-15H. The first-order chi connectivity index (χ1) is 12.3. The Morgan fingerprint density at radius 1 is 0.640 bits per heavy atom. The van der Waals surface area contributed by atoms with Crippen molar-refractivity contribution in [1.29, 1.82) is 0 Å². The minimum absolute atomic E-state index is 0.628. The summed E-state index contributed by atoms with van der Waals surface area (Å²) in [6.45, 7) is 0. The van der Waals surface area contributed by atoms with Crippen molar-refractivity contribution in [1.82, 2.24) is 19.2 Å². The first kappa shape index (κ1) is 15.7. The highest BCUT2D eigenvalue weighted by atomic mass is 79.9. The van der Waals surface area contributed by atoms with Crippen LogP contribution in [0.15, 0.2) is 91.0 Å². The van der Waals surface area contributed by atoms with Crippen LogP contribution >= 0.6 is 16.1 Å². The predicted octanol–water partition coefficient (Wildman–Crippen LogP) is 4.21. The van der Waals surface area contributed by atoms with Crippen LogP contribution in [0.3, 0.4) is 0 Å². The smallest absolute Gasteiger partial charge is 0.160 e. The Balaban J connectivity index is 2.15. The van der Waals surface area contributed by atoms with E-state index in [4.69, 9.17) is 0 Å². The summed E-state index contributed by atoms with van der Waals surface area (Å²) in [5.74, 6) is 0.705. The van der Waals surface area contributed by atoms with Crippen LogP contribution in [-0.2, 0) is 5.41 Å². The number of benzene rings is 3. The normalized spacial score (nSPS) is 11.4. The van der Waals surface area contributed by atoms with Gasteiger partial charge in [-0.25, -0.2) is 0 Å². The lowest BCUT2D eigenvalue weighted by Gasteiger charge is -2.33. The third kappa shape index (κ3) is 2.57. The molecule has 4 nitrogen and oxygen atoms in total. The monoisotopic (exact) mass is 390 g/mol. The molecule has 0 atom stereocenters. The van der Waals surface area contributed by atoms with Crippen LogP contribution in [0.1, 0.15) is 22.5 Å². The molecule has 1 heterocycles. The molecule has 0 radical (unpaired) electrons. The van der Waals surface area contributed by atoms with E-state index in [0.29, 0.717) is 5.82 Å². The molecule has 4 rings (SSSR count). The van der Waals surface area contributed by atoms with Crippen LogP contribution in [0.5, 0.6) is 0 Å². The zero-order valence-electron chi connectivity index (χ0n) is 13.3. The van der Waals surface area contributed by atoms with E-state index in [2.05, 4.69) is 68.1 Å². The summed E-state index contributed by atoms with van der Waals surface area (Å²) in [6.07, 6.45) is 0. The minimum atomic E-state index is -0.628. The Morgan fingerprint density at radius 2 is 1.04 bits per heavy atom. The second-order valence-corrected chi connectivity index (χ2v) is 6.38. The van der Waals surface area contributed by atoms with E-state index in [0.717, 1.165) is 16.7 Å². The van der Waals surface area contributed by atoms with Crippen molar-refractivity contribution in [2.45, 2.75) is 5.41 Å². The predicted molar refractivity (Wildman–Crippen MR) is 100 cm³/mol. The number of hydrogen-bond acceptors (Lipinski definition) is 3. The highest BCUT2D eigenvalue weighted by molar-refractivity contribution is 9.08. The van der Waals surface area contributed by atoms with E-state index < -0.39 is 5.41 Å². The summed E-state index contributed by atoms with van der Waals surface area (Å²) in [7, 11) is 0. The van der Waals surface area contributed by atoms with E-state index in [9.17, 15) is 0 Å². The van der Waals surface area contributed by atoms with E-state index in [-0.39, 0.29) is 0 Å². The Kier molecular flexibility index (Phi) is 4.15.